The molecular weight excluding hydrogens is 420 g/mol. The number of nitrogens with zero attached hydrogens (tertiary/aromatic N) is 1. The third kappa shape index (κ3) is 8.63. The van der Waals surface area contributed by atoms with Crippen LogP contribution >= 0.6 is 0 Å². The van der Waals surface area contributed by atoms with Crippen LogP contribution in [0.4, 0.5) is 0 Å². The molecule has 12 heteroatoms. The highest BCUT2D eigenvalue weighted by Crippen LogP contribution is 2.08. The number of carboxylic acids is 1. The Kier molecular flexibility index (Phi) is 10.8. The molecule has 4 unspecified atom stereocenters. The molecule has 0 aliphatic carbocycles. The van der Waals surface area contributed by atoms with E-state index in [1.807, 2.05) is 13.8 Å². The van der Waals surface area contributed by atoms with Crippen molar-refractivity contribution in [2.45, 2.75) is 64.7 Å². The molecular formula is C20H34N6O6. The van der Waals surface area contributed by atoms with Crippen molar-refractivity contribution in [2.24, 2.45) is 17.6 Å². The molecule has 180 valence electrons. The molecule has 0 aliphatic heterocycles. The van der Waals surface area contributed by atoms with E-state index >= 15 is 0 Å². The van der Waals surface area contributed by atoms with Gasteiger partial charge in [-0.1, -0.05) is 27.7 Å². The minimum atomic E-state index is -1.19. The second kappa shape index (κ2) is 12.8. The molecule has 0 saturated heterocycles. The Morgan fingerprint density at radius 1 is 1.03 bits per heavy atom. The van der Waals surface area contributed by atoms with Crippen LogP contribution in [-0.4, -0.2) is 74.6 Å². The average molecular weight is 455 g/mol. The first kappa shape index (κ1) is 27.0. The minimum absolute atomic E-state index is 0.0219. The number of nitrogens with two attached hydrogens (primary N) is 1. The average Bonchev–Trinajstić information content (AvgIpc) is 3.22. The molecule has 1 aromatic rings. The summed E-state index contributed by atoms with van der Waals surface area (Å²) >= 11 is 0. The van der Waals surface area contributed by atoms with E-state index < -0.39 is 54.5 Å². The van der Waals surface area contributed by atoms with Gasteiger partial charge < -0.3 is 36.9 Å². The van der Waals surface area contributed by atoms with Gasteiger partial charge in [-0.25, -0.2) is 9.78 Å². The highest BCUT2D eigenvalue weighted by atomic mass is 16.4. The third-order valence-corrected chi connectivity index (χ3v) is 4.72. The zero-order valence-corrected chi connectivity index (χ0v) is 18.8. The molecule has 12 nitrogen and oxygen atoms in total. The van der Waals surface area contributed by atoms with Gasteiger partial charge in [0.05, 0.1) is 12.9 Å². The van der Waals surface area contributed by atoms with Crippen molar-refractivity contribution in [3.05, 3.63) is 18.2 Å². The number of hydrogen-bond donors (Lipinski definition) is 7. The Morgan fingerprint density at radius 2 is 1.62 bits per heavy atom. The van der Waals surface area contributed by atoms with Crippen LogP contribution < -0.4 is 21.7 Å². The second-order valence-corrected chi connectivity index (χ2v) is 8.39. The van der Waals surface area contributed by atoms with Crippen LogP contribution in [0.5, 0.6) is 0 Å². The highest BCUT2D eigenvalue weighted by molar-refractivity contribution is 5.94. The second-order valence-electron chi connectivity index (χ2n) is 8.39. The zero-order valence-electron chi connectivity index (χ0n) is 18.8. The summed E-state index contributed by atoms with van der Waals surface area (Å²) in [4.78, 5) is 56.2. The van der Waals surface area contributed by atoms with Crippen LogP contribution in [0.25, 0.3) is 0 Å². The fourth-order valence-electron chi connectivity index (χ4n) is 2.93. The molecule has 1 aromatic heterocycles. The van der Waals surface area contributed by atoms with Crippen molar-refractivity contribution < 1.29 is 29.4 Å². The number of amides is 3. The van der Waals surface area contributed by atoms with Crippen molar-refractivity contribution in [3.63, 3.8) is 0 Å². The minimum Gasteiger partial charge on any atom is -0.480 e. The number of aliphatic hydroxyl groups excluding tert-OH is 1. The number of carboxylic acid groups (broad SMARTS) is 1. The van der Waals surface area contributed by atoms with Crippen LogP contribution in [0.15, 0.2) is 12.5 Å². The molecule has 0 fully saturated rings. The summed E-state index contributed by atoms with van der Waals surface area (Å²) in [5.41, 5.74) is 6.07. The van der Waals surface area contributed by atoms with Crippen LogP contribution in [0.3, 0.4) is 0 Å². The molecule has 1 heterocycles. The number of aromatic amines is 1. The molecule has 32 heavy (non-hydrogen) atoms. The number of rotatable bonds is 13. The van der Waals surface area contributed by atoms with Gasteiger partial charge >= 0.3 is 5.97 Å². The molecule has 0 saturated carbocycles. The van der Waals surface area contributed by atoms with E-state index in [1.165, 1.54) is 12.5 Å². The standard InChI is InChI=1S/C20H34N6O6/c1-10(2)5-14(24-17(28)13(21)8-27)18(29)25-15(6-12-7-22-9-23-12)19(30)26-16(11(3)4)20(31)32/h7,9-11,13-16,27H,5-6,8,21H2,1-4H3,(H,22,23)(H,24,28)(H,25,29)(H,26,30)(H,31,32). The lowest BCUT2D eigenvalue weighted by atomic mass is 10.0. The summed E-state index contributed by atoms with van der Waals surface area (Å²) < 4.78 is 0. The van der Waals surface area contributed by atoms with Crippen LogP contribution in [0.2, 0.25) is 0 Å². The number of carbonyl (C=O) groups is 4. The quantitative estimate of drug-likeness (QED) is 0.187. The molecule has 0 radical (unpaired) electrons. The van der Waals surface area contributed by atoms with E-state index in [2.05, 4.69) is 25.9 Å². The predicted octanol–water partition coefficient (Wildman–Crippen LogP) is -1.49. The van der Waals surface area contributed by atoms with Gasteiger partial charge in [-0.2, -0.15) is 0 Å². The Labute approximate surface area is 186 Å². The summed E-state index contributed by atoms with van der Waals surface area (Å²) in [5, 5.41) is 26.0. The fourth-order valence-corrected chi connectivity index (χ4v) is 2.93. The number of aliphatic carboxylic acids is 1. The van der Waals surface area contributed by atoms with Crippen molar-refractivity contribution in [2.75, 3.05) is 6.61 Å². The van der Waals surface area contributed by atoms with E-state index in [0.717, 1.165) is 0 Å². The number of imidazole rings is 1. The lowest BCUT2D eigenvalue weighted by Crippen LogP contribution is -2.58. The van der Waals surface area contributed by atoms with Crippen molar-refractivity contribution in [1.82, 2.24) is 25.9 Å². The van der Waals surface area contributed by atoms with Gasteiger partial charge in [0.1, 0.15) is 24.2 Å². The maximum atomic E-state index is 13.0. The lowest BCUT2D eigenvalue weighted by molar-refractivity contribution is -0.143. The molecule has 0 aromatic carbocycles. The lowest BCUT2D eigenvalue weighted by Gasteiger charge is -2.26. The molecule has 4 atom stereocenters. The van der Waals surface area contributed by atoms with Gasteiger partial charge in [-0.05, 0) is 18.3 Å². The first-order valence-electron chi connectivity index (χ1n) is 10.4. The maximum Gasteiger partial charge on any atom is 0.326 e. The van der Waals surface area contributed by atoms with E-state index in [0.29, 0.717) is 5.69 Å². The van der Waals surface area contributed by atoms with Gasteiger partial charge in [0, 0.05) is 18.3 Å². The summed E-state index contributed by atoms with van der Waals surface area (Å²) in [7, 11) is 0. The number of aliphatic hydroxyl groups is 1. The van der Waals surface area contributed by atoms with Gasteiger partial charge in [0.25, 0.3) is 0 Å². The number of nitrogens with one attached hydrogen (secondary N) is 4. The number of aromatic nitrogens is 2. The van der Waals surface area contributed by atoms with Crippen molar-refractivity contribution >= 4 is 23.7 Å². The Balaban J connectivity index is 3.06. The third-order valence-electron chi connectivity index (χ3n) is 4.72. The number of H-pyrrole nitrogens is 1. The van der Waals surface area contributed by atoms with Crippen LogP contribution in [0.1, 0.15) is 39.8 Å². The molecule has 0 spiro atoms. The van der Waals surface area contributed by atoms with Crippen molar-refractivity contribution in [1.29, 1.82) is 0 Å². The Bertz CT molecular complexity index is 767. The summed E-state index contributed by atoms with van der Waals surface area (Å²) in [6.45, 7) is 6.43. The molecule has 3 amide bonds. The predicted molar refractivity (Wildman–Crippen MR) is 115 cm³/mol. The van der Waals surface area contributed by atoms with E-state index in [-0.39, 0.29) is 24.7 Å². The van der Waals surface area contributed by atoms with Crippen LogP contribution in [-0.2, 0) is 25.6 Å². The van der Waals surface area contributed by atoms with E-state index in [4.69, 9.17) is 10.8 Å². The summed E-state index contributed by atoms with van der Waals surface area (Å²) in [5.74, 6) is -3.57. The van der Waals surface area contributed by atoms with Gasteiger partial charge in [-0.3, -0.25) is 14.4 Å². The first-order chi connectivity index (χ1) is 15.0. The number of hydrogen-bond acceptors (Lipinski definition) is 7. The topological polar surface area (TPSA) is 200 Å². The fraction of sp³-hybridized carbons (Fsp3) is 0.650. The molecule has 0 aliphatic rings. The maximum absolute atomic E-state index is 13.0. The number of carbonyl (C=O) groups excluding carboxylic acids is 3. The van der Waals surface area contributed by atoms with Crippen LogP contribution in [0, 0.1) is 11.8 Å². The van der Waals surface area contributed by atoms with Gasteiger partial charge in [0.2, 0.25) is 17.7 Å². The SMILES string of the molecule is CC(C)CC(NC(=O)C(N)CO)C(=O)NC(Cc1cnc[nH]1)C(=O)NC(C(=O)O)C(C)C. The normalized spacial score (nSPS) is 15.0. The summed E-state index contributed by atoms with van der Waals surface area (Å²) in [6.07, 6.45) is 3.19. The van der Waals surface area contributed by atoms with Gasteiger partial charge in [-0.15, -0.1) is 0 Å². The highest BCUT2D eigenvalue weighted by Gasteiger charge is 2.31. The first-order valence-corrected chi connectivity index (χ1v) is 10.4. The van der Waals surface area contributed by atoms with E-state index in [9.17, 15) is 24.3 Å². The summed E-state index contributed by atoms with van der Waals surface area (Å²) in [6, 6.07) is -4.46. The Morgan fingerprint density at radius 3 is 2.09 bits per heavy atom. The Hall–Kier alpha value is -2.99. The molecule has 8 N–H and O–H groups in total. The van der Waals surface area contributed by atoms with Crippen molar-refractivity contribution in [3.8, 4) is 0 Å². The monoisotopic (exact) mass is 454 g/mol. The molecule has 1 rings (SSSR count). The zero-order chi connectivity index (χ0) is 24.4. The van der Waals surface area contributed by atoms with E-state index in [1.54, 1.807) is 13.8 Å². The smallest absolute Gasteiger partial charge is 0.326 e. The molecule has 0 bridgehead atoms. The van der Waals surface area contributed by atoms with Gasteiger partial charge in [0.15, 0.2) is 0 Å². The largest absolute Gasteiger partial charge is 0.480 e.